The molecule has 0 spiro atoms. The van der Waals surface area contributed by atoms with Crippen molar-refractivity contribution in [3.63, 3.8) is 0 Å². The molecule has 4 nitrogen and oxygen atoms in total. The lowest BCUT2D eigenvalue weighted by Crippen LogP contribution is -1.94. The van der Waals surface area contributed by atoms with Crippen LogP contribution in [0, 0.1) is 0 Å². The number of nitrogens with one attached hydrogen (secondary N) is 1. The van der Waals surface area contributed by atoms with Crippen LogP contribution in [0.5, 0.6) is 0 Å². The van der Waals surface area contributed by atoms with Crippen LogP contribution in [0.15, 0.2) is 47.5 Å². The minimum absolute atomic E-state index is 0.546. The fraction of sp³-hybridized carbons (Fsp3) is 0.0769. The van der Waals surface area contributed by atoms with Crippen LogP contribution >= 0.6 is 11.8 Å². The summed E-state index contributed by atoms with van der Waals surface area (Å²) in [5.74, 6) is 1.33. The first-order valence-electron chi connectivity index (χ1n) is 5.42. The molecule has 0 fully saturated rings. The maximum atomic E-state index is 10.4. The molecule has 1 aromatic heterocycles. The lowest BCUT2D eigenvalue weighted by Gasteiger charge is -2.05. The van der Waals surface area contributed by atoms with Gasteiger partial charge in [-0.05, 0) is 29.8 Å². The van der Waals surface area contributed by atoms with Crippen molar-refractivity contribution in [3.8, 4) is 0 Å². The molecule has 0 saturated carbocycles. The smallest absolute Gasteiger partial charge is 0.211 e. The summed E-state index contributed by atoms with van der Waals surface area (Å²) in [6.45, 7) is 0. The molecule has 2 aromatic rings. The number of carbonyl (C=O) groups is 1. The Kier molecular flexibility index (Phi) is 4.20. The number of anilines is 2. The molecule has 18 heavy (non-hydrogen) atoms. The molecular weight excluding hydrogens is 246 g/mol. The van der Waals surface area contributed by atoms with E-state index in [4.69, 9.17) is 5.73 Å². The van der Waals surface area contributed by atoms with Crippen molar-refractivity contribution in [1.82, 2.24) is 4.98 Å². The van der Waals surface area contributed by atoms with Crippen LogP contribution in [-0.2, 0) is 10.5 Å². The molecule has 0 saturated heterocycles. The van der Waals surface area contributed by atoms with Crippen molar-refractivity contribution in [2.45, 2.75) is 10.6 Å². The van der Waals surface area contributed by atoms with Gasteiger partial charge < -0.3 is 11.1 Å². The number of rotatable bonds is 5. The third-order valence-electron chi connectivity index (χ3n) is 2.35. The van der Waals surface area contributed by atoms with Crippen LogP contribution in [-0.4, -0.2) is 11.4 Å². The van der Waals surface area contributed by atoms with E-state index >= 15 is 0 Å². The fourth-order valence-electron chi connectivity index (χ4n) is 1.50. The molecule has 0 radical (unpaired) electrons. The number of thioether (sulfide) groups is 1. The largest absolute Gasteiger partial charge is 0.383 e. The summed E-state index contributed by atoms with van der Waals surface area (Å²) in [5.41, 5.74) is 7.69. The van der Waals surface area contributed by atoms with Gasteiger partial charge in [-0.25, -0.2) is 4.98 Å². The summed E-state index contributed by atoms with van der Waals surface area (Å²) < 4.78 is 0. The number of carbonyl (C=O) groups excluding carboxylic acids is 1. The van der Waals surface area contributed by atoms with Gasteiger partial charge in [0, 0.05) is 22.5 Å². The highest BCUT2D eigenvalue weighted by Gasteiger charge is 2.01. The van der Waals surface area contributed by atoms with E-state index in [1.165, 1.54) is 0 Å². The second kappa shape index (κ2) is 6.07. The number of aromatic nitrogens is 1. The Hall–Kier alpha value is -2.01. The van der Waals surface area contributed by atoms with E-state index in [0.29, 0.717) is 12.2 Å². The first-order chi connectivity index (χ1) is 8.79. The zero-order chi connectivity index (χ0) is 12.8. The van der Waals surface area contributed by atoms with Crippen molar-refractivity contribution in [2.24, 2.45) is 0 Å². The van der Waals surface area contributed by atoms with E-state index in [0.717, 1.165) is 21.9 Å². The summed E-state index contributed by atoms with van der Waals surface area (Å²) >= 11 is 1.62. The summed E-state index contributed by atoms with van der Waals surface area (Å²) in [7, 11) is 0. The van der Waals surface area contributed by atoms with Crippen molar-refractivity contribution in [1.29, 1.82) is 0 Å². The Balaban J connectivity index is 2.04. The van der Waals surface area contributed by atoms with Gasteiger partial charge in [0.05, 0.1) is 0 Å². The van der Waals surface area contributed by atoms with Gasteiger partial charge in [0.25, 0.3) is 0 Å². The summed E-state index contributed by atoms with van der Waals surface area (Å²) in [6, 6.07) is 11.5. The number of nitrogens with two attached hydrogens (primary N) is 1. The van der Waals surface area contributed by atoms with E-state index in [-0.39, 0.29) is 0 Å². The average Bonchev–Trinajstić information content (AvgIpc) is 2.39. The Morgan fingerprint density at radius 3 is 3.00 bits per heavy atom. The van der Waals surface area contributed by atoms with Gasteiger partial charge >= 0.3 is 0 Å². The molecule has 0 aliphatic rings. The van der Waals surface area contributed by atoms with Crippen LogP contribution in [0.25, 0.3) is 0 Å². The molecular formula is C13H13N3OS. The fourth-order valence-corrected chi connectivity index (χ4v) is 2.38. The van der Waals surface area contributed by atoms with Crippen molar-refractivity contribution in [2.75, 3.05) is 11.1 Å². The Morgan fingerprint density at radius 2 is 2.22 bits per heavy atom. The van der Waals surface area contributed by atoms with E-state index in [1.807, 2.05) is 36.4 Å². The van der Waals surface area contributed by atoms with Gasteiger partial charge in [0.15, 0.2) is 0 Å². The number of hydrogen-bond acceptors (Lipinski definition) is 4. The lowest BCUT2D eigenvalue weighted by molar-refractivity contribution is -0.105. The molecule has 2 rings (SSSR count). The van der Waals surface area contributed by atoms with Crippen LogP contribution in [0.2, 0.25) is 0 Å². The predicted octanol–water partition coefficient (Wildman–Crippen LogP) is 2.52. The van der Waals surface area contributed by atoms with Gasteiger partial charge in [-0.1, -0.05) is 12.1 Å². The molecule has 92 valence electrons. The Morgan fingerprint density at radius 1 is 1.33 bits per heavy atom. The first-order valence-corrected chi connectivity index (χ1v) is 6.40. The number of amides is 1. The molecule has 1 heterocycles. The van der Waals surface area contributed by atoms with Crippen LogP contribution in [0.3, 0.4) is 0 Å². The summed E-state index contributed by atoms with van der Waals surface area (Å²) in [6.07, 6.45) is 2.35. The van der Waals surface area contributed by atoms with Crippen LogP contribution in [0.1, 0.15) is 5.56 Å². The number of pyridine rings is 1. The number of nitrogens with zero attached hydrogens (tertiary/aromatic N) is 1. The quantitative estimate of drug-likeness (QED) is 0.639. The topological polar surface area (TPSA) is 68.0 Å². The SMILES string of the molecule is Nc1ncccc1SCc1cccc(NC=O)c1. The molecule has 3 N–H and O–H groups in total. The van der Waals surface area contributed by atoms with E-state index in [2.05, 4.69) is 10.3 Å². The third kappa shape index (κ3) is 3.24. The normalized spacial score (nSPS) is 10.0. The van der Waals surface area contributed by atoms with Gasteiger partial charge in [-0.15, -0.1) is 11.8 Å². The van der Waals surface area contributed by atoms with Gasteiger partial charge in [-0.2, -0.15) is 0 Å². The molecule has 0 unspecified atom stereocenters. The van der Waals surface area contributed by atoms with Gasteiger partial charge in [0.2, 0.25) is 6.41 Å². The second-order valence-electron chi connectivity index (χ2n) is 3.64. The second-order valence-corrected chi connectivity index (χ2v) is 4.66. The van der Waals surface area contributed by atoms with Crippen molar-refractivity contribution in [3.05, 3.63) is 48.2 Å². The highest BCUT2D eigenvalue weighted by atomic mass is 32.2. The van der Waals surface area contributed by atoms with Gasteiger partial charge in [-0.3, -0.25) is 4.79 Å². The average molecular weight is 259 g/mol. The van der Waals surface area contributed by atoms with E-state index in [1.54, 1.807) is 18.0 Å². The molecule has 0 aliphatic heterocycles. The van der Waals surface area contributed by atoms with Crippen LogP contribution < -0.4 is 11.1 Å². The molecule has 1 aromatic carbocycles. The summed E-state index contributed by atoms with van der Waals surface area (Å²) in [4.78, 5) is 15.4. The number of nitrogen functional groups attached to an aromatic ring is 1. The van der Waals surface area contributed by atoms with Crippen LogP contribution in [0.4, 0.5) is 11.5 Å². The molecule has 5 heteroatoms. The number of benzene rings is 1. The summed E-state index contributed by atoms with van der Waals surface area (Å²) in [5, 5.41) is 2.63. The standard InChI is InChI=1S/C13H13N3OS/c14-13-12(5-2-6-15-13)18-8-10-3-1-4-11(7-10)16-9-17/h1-7,9H,8H2,(H2,14,15)(H,16,17). The Labute approximate surface area is 110 Å². The molecule has 0 bridgehead atoms. The highest BCUT2D eigenvalue weighted by Crippen LogP contribution is 2.26. The maximum Gasteiger partial charge on any atom is 0.211 e. The number of hydrogen-bond donors (Lipinski definition) is 2. The minimum atomic E-state index is 0.546. The molecule has 0 atom stereocenters. The zero-order valence-electron chi connectivity index (χ0n) is 9.67. The van der Waals surface area contributed by atoms with Crippen molar-refractivity contribution >= 4 is 29.7 Å². The van der Waals surface area contributed by atoms with Crippen molar-refractivity contribution < 1.29 is 4.79 Å². The molecule has 0 aliphatic carbocycles. The zero-order valence-corrected chi connectivity index (χ0v) is 10.5. The monoisotopic (exact) mass is 259 g/mol. The van der Waals surface area contributed by atoms with E-state index in [9.17, 15) is 4.79 Å². The lowest BCUT2D eigenvalue weighted by atomic mass is 10.2. The first kappa shape index (κ1) is 12.4. The predicted molar refractivity (Wildman–Crippen MR) is 74.3 cm³/mol. The Bertz CT molecular complexity index is 545. The minimum Gasteiger partial charge on any atom is -0.383 e. The maximum absolute atomic E-state index is 10.4. The van der Waals surface area contributed by atoms with E-state index < -0.39 is 0 Å². The highest BCUT2D eigenvalue weighted by molar-refractivity contribution is 7.98. The van der Waals surface area contributed by atoms with Gasteiger partial charge in [0.1, 0.15) is 5.82 Å². The molecule has 1 amide bonds. The third-order valence-corrected chi connectivity index (χ3v) is 3.48.